The minimum atomic E-state index is -0.236. The maximum atomic E-state index is 9.39. The van der Waals surface area contributed by atoms with Crippen molar-refractivity contribution in [1.82, 2.24) is 4.90 Å². The van der Waals surface area contributed by atoms with Gasteiger partial charge in [0.1, 0.15) is 0 Å². The lowest BCUT2D eigenvalue weighted by molar-refractivity contribution is 0.188. The molecule has 0 spiro atoms. The van der Waals surface area contributed by atoms with Gasteiger partial charge in [-0.3, -0.25) is 0 Å². The Balaban J connectivity index is 1.93. The second-order valence-electron chi connectivity index (χ2n) is 3.68. The molecule has 0 radical (unpaired) electrons. The van der Waals surface area contributed by atoms with Crippen LogP contribution in [0.4, 0.5) is 5.69 Å². The number of thiocarbonyl (C=S) groups is 1. The van der Waals surface area contributed by atoms with Gasteiger partial charge in [-0.05, 0) is 30.8 Å². The zero-order valence-corrected chi connectivity index (χ0v) is 9.20. The van der Waals surface area contributed by atoms with E-state index >= 15 is 0 Å². The van der Waals surface area contributed by atoms with Crippen LogP contribution in [-0.4, -0.2) is 34.3 Å². The SMILES string of the molecule is OC1CCN(C(=S)Nc2ccccc2)C1. The number of aliphatic hydroxyl groups excluding tert-OH is 1. The van der Waals surface area contributed by atoms with Crippen molar-refractivity contribution in [1.29, 1.82) is 0 Å². The van der Waals surface area contributed by atoms with Crippen molar-refractivity contribution in [2.24, 2.45) is 0 Å². The largest absolute Gasteiger partial charge is 0.391 e. The fraction of sp³-hybridized carbons (Fsp3) is 0.364. The van der Waals surface area contributed by atoms with Crippen molar-refractivity contribution in [3.05, 3.63) is 30.3 Å². The molecule has 15 heavy (non-hydrogen) atoms. The maximum Gasteiger partial charge on any atom is 0.173 e. The Labute approximate surface area is 94.7 Å². The molecule has 1 aromatic carbocycles. The number of nitrogens with one attached hydrogen (secondary N) is 1. The second kappa shape index (κ2) is 4.59. The fourth-order valence-corrected chi connectivity index (χ4v) is 1.93. The van der Waals surface area contributed by atoms with E-state index in [9.17, 15) is 5.11 Å². The summed E-state index contributed by atoms with van der Waals surface area (Å²) in [5, 5.41) is 13.2. The number of aliphatic hydroxyl groups is 1. The van der Waals surface area contributed by atoms with Crippen LogP contribution in [0.2, 0.25) is 0 Å². The van der Waals surface area contributed by atoms with E-state index in [0.29, 0.717) is 11.7 Å². The second-order valence-corrected chi connectivity index (χ2v) is 4.07. The first-order valence-electron chi connectivity index (χ1n) is 5.05. The van der Waals surface area contributed by atoms with Crippen LogP contribution in [0, 0.1) is 0 Å². The fourth-order valence-electron chi connectivity index (χ4n) is 1.65. The zero-order chi connectivity index (χ0) is 10.7. The summed E-state index contributed by atoms with van der Waals surface area (Å²) < 4.78 is 0. The molecule has 0 aromatic heterocycles. The normalized spacial score (nSPS) is 20.3. The van der Waals surface area contributed by atoms with Crippen LogP contribution in [0.3, 0.4) is 0 Å². The van der Waals surface area contributed by atoms with E-state index in [1.54, 1.807) is 0 Å². The average molecular weight is 222 g/mol. The van der Waals surface area contributed by atoms with Crippen molar-refractivity contribution in [2.45, 2.75) is 12.5 Å². The number of hydrogen-bond donors (Lipinski definition) is 2. The van der Waals surface area contributed by atoms with Gasteiger partial charge in [0.05, 0.1) is 6.10 Å². The molecule has 0 amide bonds. The highest BCUT2D eigenvalue weighted by Gasteiger charge is 2.21. The minimum absolute atomic E-state index is 0.236. The first-order valence-corrected chi connectivity index (χ1v) is 5.45. The third-order valence-electron chi connectivity index (χ3n) is 2.48. The minimum Gasteiger partial charge on any atom is -0.391 e. The van der Waals surface area contributed by atoms with E-state index in [-0.39, 0.29) is 6.10 Å². The van der Waals surface area contributed by atoms with E-state index in [4.69, 9.17) is 12.2 Å². The molecule has 1 unspecified atom stereocenters. The molecule has 0 saturated carbocycles. The molecule has 1 saturated heterocycles. The lowest BCUT2D eigenvalue weighted by Crippen LogP contribution is -2.33. The van der Waals surface area contributed by atoms with Crippen molar-refractivity contribution < 1.29 is 5.11 Å². The molecule has 1 aromatic rings. The predicted molar refractivity (Wildman–Crippen MR) is 64.9 cm³/mol. The third-order valence-corrected chi connectivity index (χ3v) is 2.84. The van der Waals surface area contributed by atoms with E-state index in [1.807, 2.05) is 35.2 Å². The summed E-state index contributed by atoms with van der Waals surface area (Å²) in [7, 11) is 0. The van der Waals surface area contributed by atoms with Crippen molar-refractivity contribution >= 4 is 23.0 Å². The number of likely N-dealkylation sites (tertiary alicyclic amines) is 1. The van der Waals surface area contributed by atoms with Crippen LogP contribution in [0.25, 0.3) is 0 Å². The van der Waals surface area contributed by atoms with Crippen LogP contribution < -0.4 is 5.32 Å². The van der Waals surface area contributed by atoms with Gasteiger partial charge >= 0.3 is 0 Å². The summed E-state index contributed by atoms with van der Waals surface area (Å²) in [4.78, 5) is 1.99. The van der Waals surface area contributed by atoms with E-state index in [1.165, 1.54) is 0 Å². The van der Waals surface area contributed by atoms with E-state index < -0.39 is 0 Å². The van der Waals surface area contributed by atoms with Crippen LogP contribution >= 0.6 is 12.2 Å². The van der Waals surface area contributed by atoms with Crippen LogP contribution in [0.1, 0.15) is 6.42 Å². The molecule has 2 rings (SSSR count). The lowest BCUT2D eigenvalue weighted by atomic mass is 10.3. The Morgan fingerprint density at radius 2 is 2.13 bits per heavy atom. The van der Waals surface area contributed by atoms with Gasteiger partial charge in [0.25, 0.3) is 0 Å². The summed E-state index contributed by atoms with van der Waals surface area (Å²) in [5.74, 6) is 0. The number of rotatable bonds is 1. The number of para-hydroxylation sites is 1. The highest BCUT2D eigenvalue weighted by molar-refractivity contribution is 7.80. The van der Waals surface area contributed by atoms with Crippen LogP contribution in [-0.2, 0) is 0 Å². The first kappa shape index (κ1) is 10.4. The summed E-state index contributed by atoms with van der Waals surface area (Å²) in [5.41, 5.74) is 0.990. The first-order chi connectivity index (χ1) is 7.25. The molecule has 1 aliphatic heterocycles. The molecule has 1 fully saturated rings. The van der Waals surface area contributed by atoms with Gasteiger partial charge in [0.15, 0.2) is 5.11 Å². The standard InChI is InChI=1S/C11H14N2OS/c14-10-6-7-13(8-10)11(15)12-9-4-2-1-3-5-9/h1-5,10,14H,6-8H2,(H,12,15). The molecule has 1 heterocycles. The Morgan fingerprint density at radius 1 is 1.40 bits per heavy atom. The quantitative estimate of drug-likeness (QED) is 0.705. The molecule has 4 heteroatoms. The van der Waals surface area contributed by atoms with Crippen molar-refractivity contribution in [2.75, 3.05) is 18.4 Å². The molecule has 3 nitrogen and oxygen atoms in total. The summed E-state index contributed by atoms with van der Waals surface area (Å²) in [6, 6.07) is 9.83. The van der Waals surface area contributed by atoms with E-state index in [2.05, 4.69) is 5.32 Å². The average Bonchev–Trinajstić information content (AvgIpc) is 2.66. The number of benzene rings is 1. The van der Waals surface area contributed by atoms with Crippen molar-refractivity contribution in [3.8, 4) is 0 Å². The van der Waals surface area contributed by atoms with Crippen LogP contribution in [0.5, 0.6) is 0 Å². The Kier molecular flexibility index (Phi) is 3.18. The highest BCUT2D eigenvalue weighted by Crippen LogP contribution is 2.12. The molecular weight excluding hydrogens is 208 g/mol. The maximum absolute atomic E-state index is 9.39. The van der Waals surface area contributed by atoms with Gasteiger partial charge in [-0.1, -0.05) is 18.2 Å². The molecule has 1 aliphatic rings. The smallest absolute Gasteiger partial charge is 0.173 e. The van der Waals surface area contributed by atoms with Gasteiger partial charge in [0.2, 0.25) is 0 Å². The number of anilines is 1. The number of nitrogens with zero attached hydrogens (tertiary/aromatic N) is 1. The molecule has 0 aliphatic carbocycles. The molecule has 80 valence electrons. The predicted octanol–water partition coefficient (Wildman–Crippen LogP) is 1.45. The molecular formula is C11H14N2OS. The molecule has 1 atom stereocenters. The van der Waals surface area contributed by atoms with Gasteiger partial charge in [-0.2, -0.15) is 0 Å². The van der Waals surface area contributed by atoms with Gasteiger partial charge < -0.3 is 15.3 Å². The van der Waals surface area contributed by atoms with Gasteiger partial charge in [0, 0.05) is 18.8 Å². The monoisotopic (exact) mass is 222 g/mol. The Bertz CT molecular complexity index is 342. The molecule has 2 N–H and O–H groups in total. The summed E-state index contributed by atoms with van der Waals surface area (Å²) in [6.07, 6.45) is 0.567. The lowest BCUT2D eigenvalue weighted by Gasteiger charge is -2.19. The summed E-state index contributed by atoms with van der Waals surface area (Å²) in [6.45, 7) is 1.47. The Morgan fingerprint density at radius 3 is 2.73 bits per heavy atom. The highest BCUT2D eigenvalue weighted by atomic mass is 32.1. The third kappa shape index (κ3) is 2.67. The topological polar surface area (TPSA) is 35.5 Å². The van der Waals surface area contributed by atoms with E-state index in [0.717, 1.165) is 18.7 Å². The van der Waals surface area contributed by atoms with Gasteiger partial charge in [-0.25, -0.2) is 0 Å². The number of β-amino-alcohol motifs (C(OH)–C–C–N with tert-alkyl or cyclic N) is 1. The summed E-state index contributed by atoms with van der Waals surface area (Å²) >= 11 is 5.25. The van der Waals surface area contributed by atoms with Crippen LogP contribution in [0.15, 0.2) is 30.3 Å². The Hall–Kier alpha value is -1.13. The molecule has 0 bridgehead atoms. The zero-order valence-electron chi connectivity index (χ0n) is 8.39. The van der Waals surface area contributed by atoms with Crippen molar-refractivity contribution in [3.63, 3.8) is 0 Å². The van der Waals surface area contributed by atoms with Gasteiger partial charge in [-0.15, -0.1) is 0 Å². The number of hydrogen-bond acceptors (Lipinski definition) is 2.